The summed E-state index contributed by atoms with van der Waals surface area (Å²) in [4.78, 5) is 16.9. The number of carbonyl (C=O) groups excluding carboxylic acids is 1. The van der Waals surface area contributed by atoms with Crippen molar-refractivity contribution < 1.29 is 4.79 Å². The molecule has 0 radical (unpaired) electrons. The smallest absolute Gasteiger partial charge is 0.221 e. The summed E-state index contributed by atoms with van der Waals surface area (Å²) in [6, 6.07) is 8.46. The first-order chi connectivity index (χ1) is 11.7. The molecule has 0 unspecified atom stereocenters. The zero-order valence-electron chi connectivity index (χ0n) is 14.3. The molecule has 0 bridgehead atoms. The first-order valence-electron chi connectivity index (χ1n) is 9.23. The topological polar surface area (TPSA) is 35.6 Å². The van der Waals surface area contributed by atoms with Gasteiger partial charge in [0.1, 0.15) is 0 Å². The first kappa shape index (κ1) is 17.6. The SMILES string of the molecule is O=C(CCN1CCN(c2cccc(Cl)c2)CC1)NC1CCCCC1. The molecule has 1 aromatic rings. The van der Waals surface area contributed by atoms with Gasteiger partial charge in [-0.2, -0.15) is 0 Å². The fourth-order valence-electron chi connectivity index (χ4n) is 3.71. The molecule has 3 rings (SSSR count). The standard InChI is InChI=1S/C19H28ClN3O/c20-16-5-4-8-18(15-16)23-13-11-22(12-14-23)10-9-19(24)21-17-6-2-1-3-7-17/h4-5,8,15,17H,1-3,6-7,9-14H2,(H,21,24). The van der Waals surface area contributed by atoms with Crippen LogP contribution in [0.1, 0.15) is 38.5 Å². The molecular formula is C19H28ClN3O. The maximum atomic E-state index is 12.1. The fourth-order valence-corrected chi connectivity index (χ4v) is 3.89. The van der Waals surface area contributed by atoms with Crippen molar-refractivity contribution in [3.8, 4) is 0 Å². The molecule has 1 N–H and O–H groups in total. The second-order valence-electron chi connectivity index (χ2n) is 6.96. The zero-order chi connectivity index (χ0) is 16.8. The average Bonchev–Trinajstić information content (AvgIpc) is 2.61. The van der Waals surface area contributed by atoms with Crippen LogP contribution in [0.15, 0.2) is 24.3 Å². The first-order valence-corrected chi connectivity index (χ1v) is 9.61. The third-order valence-electron chi connectivity index (χ3n) is 5.17. The molecule has 1 aromatic carbocycles. The Morgan fingerprint density at radius 1 is 1.12 bits per heavy atom. The van der Waals surface area contributed by atoms with E-state index in [-0.39, 0.29) is 5.91 Å². The summed E-state index contributed by atoms with van der Waals surface area (Å²) in [5.74, 6) is 0.221. The average molecular weight is 350 g/mol. The van der Waals surface area contributed by atoms with E-state index in [0.717, 1.165) is 50.6 Å². The lowest BCUT2D eigenvalue weighted by atomic mass is 9.95. The van der Waals surface area contributed by atoms with Crippen molar-refractivity contribution in [1.29, 1.82) is 0 Å². The number of hydrogen-bond acceptors (Lipinski definition) is 3. The maximum Gasteiger partial charge on any atom is 0.221 e. The van der Waals surface area contributed by atoms with Gasteiger partial charge in [-0.05, 0) is 31.0 Å². The predicted molar refractivity (Wildman–Crippen MR) is 99.7 cm³/mol. The minimum Gasteiger partial charge on any atom is -0.369 e. The van der Waals surface area contributed by atoms with Gasteiger partial charge in [0.15, 0.2) is 0 Å². The van der Waals surface area contributed by atoms with Crippen LogP contribution in [0, 0.1) is 0 Å². The second kappa shape index (κ2) is 8.72. The van der Waals surface area contributed by atoms with Gasteiger partial charge in [-0.15, -0.1) is 0 Å². The third kappa shape index (κ3) is 5.12. The molecule has 4 nitrogen and oxygen atoms in total. The van der Waals surface area contributed by atoms with Crippen molar-refractivity contribution >= 4 is 23.2 Å². The molecule has 24 heavy (non-hydrogen) atoms. The van der Waals surface area contributed by atoms with Crippen molar-refractivity contribution in [2.75, 3.05) is 37.6 Å². The number of amides is 1. The van der Waals surface area contributed by atoms with Gasteiger partial charge >= 0.3 is 0 Å². The summed E-state index contributed by atoms with van der Waals surface area (Å²) in [5, 5.41) is 4.00. The van der Waals surface area contributed by atoms with Crippen LogP contribution >= 0.6 is 11.6 Å². The summed E-state index contributed by atoms with van der Waals surface area (Å²) in [6.07, 6.45) is 6.78. The monoisotopic (exact) mass is 349 g/mol. The molecule has 1 saturated carbocycles. The summed E-state index contributed by atoms with van der Waals surface area (Å²) in [6.45, 7) is 4.85. The van der Waals surface area contributed by atoms with Gasteiger partial charge in [-0.25, -0.2) is 0 Å². The lowest BCUT2D eigenvalue weighted by Crippen LogP contribution is -2.47. The largest absolute Gasteiger partial charge is 0.369 e. The fraction of sp³-hybridized carbons (Fsp3) is 0.632. The van der Waals surface area contributed by atoms with Gasteiger partial charge in [0.05, 0.1) is 0 Å². The highest BCUT2D eigenvalue weighted by molar-refractivity contribution is 6.30. The molecule has 1 saturated heterocycles. The van der Waals surface area contributed by atoms with Gasteiger partial charge < -0.3 is 10.2 Å². The van der Waals surface area contributed by atoms with Gasteiger partial charge in [0, 0.05) is 55.9 Å². The Bertz CT molecular complexity index is 537. The number of rotatable bonds is 5. The zero-order valence-corrected chi connectivity index (χ0v) is 15.1. The van der Waals surface area contributed by atoms with E-state index >= 15 is 0 Å². The Morgan fingerprint density at radius 3 is 2.58 bits per heavy atom. The lowest BCUT2D eigenvalue weighted by Gasteiger charge is -2.36. The highest BCUT2D eigenvalue weighted by Gasteiger charge is 2.19. The van der Waals surface area contributed by atoms with Crippen LogP contribution in [-0.2, 0) is 4.79 Å². The van der Waals surface area contributed by atoms with Crippen molar-refractivity contribution in [1.82, 2.24) is 10.2 Å². The van der Waals surface area contributed by atoms with Crippen molar-refractivity contribution in [3.63, 3.8) is 0 Å². The second-order valence-corrected chi connectivity index (χ2v) is 7.40. The van der Waals surface area contributed by atoms with Crippen molar-refractivity contribution in [2.45, 2.75) is 44.6 Å². The molecule has 2 aliphatic rings. The van der Waals surface area contributed by atoms with Gasteiger partial charge in [-0.1, -0.05) is 36.9 Å². The summed E-state index contributed by atoms with van der Waals surface area (Å²) in [5.41, 5.74) is 1.19. The third-order valence-corrected chi connectivity index (χ3v) is 5.41. The van der Waals surface area contributed by atoms with Crippen LogP contribution in [-0.4, -0.2) is 49.6 Å². The normalized spacial score (nSPS) is 20.1. The Hall–Kier alpha value is -1.26. The van der Waals surface area contributed by atoms with Crippen LogP contribution in [0.25, 0.3) is 0 Å². The van der Waals surface area contributed by atoms with E-state index in [1.807, 2.05) is 18.2 Å². The Labute approximate surface area is 150 Å². The molecule has 1 amide bonds. The lowest BCUT2D eigenvalue weighted by molar-refractivity contribution is -0.122. The number of anilines is 1. The molecule has 1 aliphatic heterocycles. The number of piperazine rings is 1. The number of hydrogen-bond donors (Lipinski definition) is 1. The predicted octanol–water partition coefficient (Wildman–Crippen LogP) is 3.30. The summed E-state index contributed by atoms with van der Waals surface area (Å²) >= 11 is 6.08. The molecule has 1 aliphatic carbocycles. The molecule has 2 fully saturated rings. The summed E-state index contributed by atoms with van der Waals surface area (Å²) in [7, 11) is 0. The highest BCUT2D eigenvalue weighted by Crippen LogP contribution is 2.21. The molecule has 0 aromatic heterocycles. The molecule has 5 heteroatoms. The summed E-state index contributed by atoms with van der Waals surface area (Å²) < 4.78 is 0. The van der Waals surface area contributed by atoms with E-state index in [0.29, 0.717) is 12.5 Å². The van der Waals surface area contributed by atoms with E-state index in [1.165, 1.54) is 24.9 Å². The molecule has 132 valence electrons. The molecule has 0 spiro atoms. The Morgan fingerprint density at radius 2 is 1.88 bits per heavy atom. The van der Waals surface area contributed by atoms with E-state index in [4.69, 9.17) is 11.6 Å². The number of benzene rings is 1. The van der Waals surface area contributed by atoms with Gasteiger partial charge in [0.2, 0.25) is 5.91 Å². The van der Waals surface area contributed by atoms with E-state index in [9.17, 15) is 4.79 Å². The number of nitrogens with zero attached hydrogens (tertiary/aromatic N) is 2. The molecule has 1 heterocycles. The minimum absolute atomic E-state index is 0.221. The van der Waals surface area contributed by atoms with Gasteiger partial charge in [-0.3, -0.25) is 9.69 Å². The van der Waals surface area contributed by atoms with Crippen molar-refractivity contribution in [3.05, 3.63) is 29.3 Å². The Kier molecular flexibility index (Phi) is 6.38. The number of carbonyl (C=O) groups is 1. The maximum absolute atomic E-state index is 12.1. The van der Waals surface area contributed by atoms with Gasteiger partial charge in [0.25, 0.3) is 0 Å². The Balaban J connectivity index is 1.37. The highest BCUT2D eigenvalue weighted by atomic mass is 35.5. The minimum atomic E-state index is 0.221. The molecule has 0 atom stereocenters. The number of nitrogens with one attached hydrogen (secondary N) is 1. The van der Waals surface area contributed by atoms with E-state index < -0.39 is 0 Å². The molecular weight excluding hydrogens is 322 g/mol. The number of halogens is 1. The van der Waals surface area contributed by atoms with Crippen LogP contribution in [0.5, 0.6) is 0 Å². The van der Waals surface area contributed by atoms with Crippen LogP contribution in [0.4, 0.5) is 5.69 Å². The van der Waals surface area contributed by atoms with E-state index in [1.54, 1.807) is 0 Å². The van der Waals surface area contributed by atoms with Crippen LogP contribution < -0.4 is 10.2 Å². The van der Waals surface area contributed by atoms with E-state index in [2.05, 4.69) is 21.2 Å². The van der Waals surface area contributed by atoms with Crippen molar-refractivity contribution in [2.24, 2.45) is 0 Å². The van der Waals surface area contributed by atoms with Crippen LogP contribution in [0.2, 0.25) is 5.02 Å². The quantitative estimate of drug-likeness (QED) is 0.886. The van der Waals surface area contributed by atoms with Crippen LogP contribution in [0.3, 0.4) is 0 Å².